The number of carbonyl (C=O) groups excluding carboxylic acids is 1. The monoisotopic (exact) mass is 462 g/mol. The summed E-state index contributed by atoms with van der Waals surface area (Å²) < 4.78 is 75.0. The van der Waals surface area contributed by atoms with Crippen molar-refractivity contribution >= 4 is 34.9 Å². The largest absolute Gasteiger partial charge is 0.419 e. The van der Waals surface area contributed by atoms with Gasteiger partial charge in [0, 0.05) is 12.4 Å². The van der Waals surface area contributed by atoms with Crippen LogP contribution in [0.4, 0.5) is 36.8 Å². The van der Waals surface area contributed by atoms with Crippen molar-refractivity contribution in [2.75, 3.05) is 5.32 Å². The normalized spacial score (nSPS) is 13.1. The number of alkyl halides is 6. The van der Waals surface area contributed by atoms with Gasteiger partial charge in [0.15, 0.2) is 6.10 Å². The molecule has 6 nitrogen and oxygen atoms in total. The van der Waals surface area contributed by atoms with Crippen LogP contribution in [-0.2, 0) is 12.7 Å². The predicted octanol–water partition coefficient (Wildman–Crippen LogP) is 4.72. The van der Waals surface area contributed by atoms with Crippen molar-refractivity contribution < 1.29 is 36.2 Å². The number of halogens is 8. The first-order chi connectivity index (χ1) is 13.3. The minimum Gasteiger partial charge on any atom is -0.379 e. The summed E-state index contributed by atoms with van der Waals surface area (Å²) in [6.07, 6.45) is -11.3. The standard InChI is InChI=1S/C15H10Cl2F6N4O2/c16-8-1-6(12(28)15(21,22)23)2-9(17)11(8)27-13(29)26-5-10-24-3-7(4-25-10)14(18,19)20/h1-4,12,28H,5H2,(H2,26,27,29)/t12-/m1/s1. The fourth-order valence-electron chi connectivity index (χ4n) is 1.97. The Morgan fingerprint density at radius 3 is 2.03 bits per heavy atom. The van der Waals surface area contributed by atoms with E-state index in [4.69, 9.17) is 23.2 Å². The number of hydrogen-bond acceptors (Lipinski definition) is 4. The Kier molecular flexibility index (Phi) is 6.81. The average Bonchev–Trinajstić information content (AvgIpc) is 2.61. The summed E-state index contributed by atoms with van der Waals surface area (Å²) >= 11 is 11.6. The summed E-state index contributed by atoms with van der Waals surface area (Å²) in [4.78, 5) is 18.8. The van der Waals surface area contributed by atoms with Crippen LogP contribution < -0.4 is 10.6 Å². The third kappa shape index (κ3) is 6.08. The quantitative estimate of drug-likeness (QED) is 0.573. The lowest BCUT2D eigenvalue weighted by Crippen LogP contribution is -2.29. The van der Waals surface area contributed by atoms with Crippen LogP contribution in [0.15, 0.2) is 24.5 Å². The van der Waals surface area contributed by atoms with Gasteiger partial charge < -0.3 is 15.7 Å². The number of anilines is 1. The van der Waals surface area contributed by atoms with Crippen LogP contribution >= 0.6 is 23.2 Å². The molecule has 14 heteroatoms. The first-order valence-electron chi connectivity index (χ1n) is 7.45. The molecule has 1 atom stereocenters. The molecule has 3 N–H and O–H groups in total. The van der Waals surface area contributed by atoms with Gasteiger partial charge in [0.2, 0.25) is 0 Å². The number of carbonyl (C=O) groups is 1. The number of aliphatic hydroxyl groups is 1. The molecule has 1 aromatic carbocycles. The lowest BCUT2D eigenvalue weighted by atomic mass is 10.1. The summed E-state index contributed by atoms with van der Waals surface area (Å²) in [6, 6.07) is 0.627. The summed E-state index contributed by atoms with van der Waals surface area (Å²) in [6.45, 7) is -0.357. The minimum absolute atomic E-state index is 0.131. The predicted molar refractivity (Wildman–Crippen MR) is 90.4 cm³/mol. The molecule has 0 spiro atoms. The Balaban J connectivity index is 2.04. The van der Waals surface area contributed by atoms with Crippen molar-refractivity contribution in [3.63, 3.8) is 0 Å². The molecule has 0 saturated heterocycles. The topological polar surface area (TPSA) is 87.1 Å². The van der Waals surface area contributed by atoms with E-state index >= 15 is 0 Å². The molecular weight excluding hydrogens is 453 g/mol. The fraction of sp³-hybridized carbons (Fsp3) is 0.267. The maximum absolute atomic E-state index is 12.6. The zero-order chi connectivity index (χ0) is 22.0. The Morgan fingerprint density at radius 1 is 1.07 bits per heavy atom. The number of urea groups is 1. The van der Waals surface area contributed by atoms with Gasteiger partial charge in [-0.1, -0.05) is 23.2 Å². The van der Waals surface area contributed by atoms with Gasteiger partial charge in [-0.2, -0.15) is 26.3 Å². The third-order valence-corrected chi connectivity index (χ3v) is 3.96. The molecule has 158 valence electrons. The van der Waals surface area contributed by atoms with E-state index in [1.165, 1.54) is 0 Å². The molecule has 0 aliphatic carbocycles. The van der Waals surface area contributed by atoms with Crippen LogP contribution in [0, 0.1) is 0 Å². The second-order valence-electron chi connectivity index (χ2n) is 5.50. The van der Waals surface area contributed by atoms with Gasteiger partial charge in [-0.05, 0) is 17.7 Å². The summed E-state index contributed by atoms with van der Waals surface area (Å²) in [5, 5.41) is 12.9. The van der Waals surface area contributed by atoms with Crippen molar-refractivity contribution in [2.45, 2.75) is 25.0 Å². The molecule has 1 aromatic heterocycles. The number of aromatic nitrogens is 2. The van der Waals surface area contributed by atoms with Crippen LogP contribution in [0.3, 0.4) is 0 Å². The highest BCUT2D eigenvalue weighted by Gasteiger charge is 2.40. The van der Waals surface area contributed by atoms with E-state index in [1.54, 1.807) is 0 Å². The lowest BCUT2D eigenvalue weighted by Gasteiger charge is -2.17. The van der Waals surface area contributed by atoms with Gasteiger partial charge in [0.05, 0.1) is 27.8 Å². The van der Waals surface area contributed by atoms with Gasteiger partial charge in [-0.25, -0.2) is 14.8 Å². The number of amides is 2. The molecule has 2 amide bonds. The first kappa shape index (κ1) is 23.0. The molecule has 0 fully saturated rings. The first-order valence-corrected chi connectivity index (χ1v) is 8.21. The van der Waals surface area contributed by atoms with E-state index in [9.17, 15) is 36.2 Å². The number of aliphatic hydroxyl groups excluding tert-OH is 1. The number of nitrogens with zero attached hydrogens (tertiary/aromatic N) is 2. The van der Waals surface area contributed by atoms with Gasteiger partial charge in [-0.15, -0.1) is 0 Å². The molecule has 0 saturated carbocycles. The number of nitrogens with one attached hydrogen (secondary N) is 2. The van der Waals surface area contributed by atoms with E-state index in [-0.39, 0.29) is 28.1 Å². The van der Waals surface area contributed by atoms with Crippen LogP contribution in [0.25, 0.3) is 0 Å². The maximum atomic E-state index is 12.6. The second kappa shape index (κ2) is 8.59. The number of rotatable bonds is 4. The fourth-order valence-corrected chi connectivity index (χ4v) is 2.57. The van der Waals surface area contributed by atoms with Crippen molar-refractivity contribution in [1.29, 1.82) is 0 Å². The van der Waals surface area contributed by atoms with Crippen molar-refractivity contribution in [1.82, 2.24) is 15.3 Å². The molecule has 0 bridgehead atoms. The highest BCUT2D eigenvalue weighted by atomic mass is 35.5. The van der Waals surface area contributed by atoms with Crippen LogP contribution in [0.5, 0.6) is 0 Å². The van der Waals surface area contributed by atoms with Crippen molar-refractivity contribution in [2.24, 2.45) is 0 Å². The average molecular weight is 463 g/mol. The highest BCUT2D eigenvalue weighted by molar-refractivity contribution is 6.39. The third-order valence-electron chi connectivity index (χ3n) is 3.37. The van der Waals surface area contributed by atoms with Gasteiger partial charge in [0.25, 0.3) is 0 Å². The van der Waals surface area contributed by atoms with Crippen molar-refractivity contribution in [3.05, 3.63) is 51.5 Å². The minimum atomic E-state index is -4.94. The molecule has 0 aliphatic heterocycles. The summed E-state index contributed by atoms with van der Waals surface area (Å²) in [5.41, 5.74) is -1.93. The van der Waals surface area contributed by atoms with Gasteiger partial charge in [0.1, 0.15) is 5.82 Å². The molecule has 0 aliphatic rings. The molecule has 0 unspecified atom stereocenters. The molecular formula is C15H10Cl2F6N4O2. The van der Waals surface area contributed by atoms with E-state index in [1.807, 2.05) is 0 Å². The molecule has 2 aromatic rings. The SMILES string of the molecule is O=C(NCc1ncc(C(F)(F)F)cn1)Nc1c(Cl)cc([C@@H](O)C(F)(F)F)cc1Cl. The molecule has 1 heterocycles. The maximum Gasteiger partial charge on any atom is 0.419 e. The summed E-state index contributed by atoms with van der Waals surface area (Å²) in [7, 11) is 0. The molecule has 0 radical (unpaired) electrons. The Bertz CT molecular complexity index is 867. The second-order valence-corrected chi connectivity index (χ2v) is 6.31. The molecule has 2 rings (SSSR count). The Morgan fingerprint density at radius 2 is 1.59 bits per heavy atom. The number of hydrogen-bond donors (Lipinski definition) is 3. The number of benzene rings is 1. The zero-order valence-corrected chi connectivity index (χ0v) is 15.4. The summed E-state index contributed by atoms with van der Waals surface area (Å²) in [5.74, 6) is -0.131. The van der Waals surface area contributed by atoms with E-state index in [0.717, 1.165) is 12.1 Å². The Hall–Kier alpha value is -2.31. The highest BCUT2D eigenvalue weighted by Crippen LogP contribution is 2.38. The van der Waals surface area contributed by atoms with Gasteiger partial charge in [-0.3, -0.25) is 0 Å². The van der Waals surface area contributed by atoms with Crippen LogP contribution in [0.2, 0.25) is 10.0 Å². The van der Waals surface area contributed by atoms with E-state index in [2.05, 4.69) is 20.6 Å². The Labute approximate surface area is 168 Å². The zero-order valence-electron chi connectivity index (χ0n) is 13.9. The lowest BCUT2D eigenvalue weighted by molar-refractivity contribution is -0.206. The van der Waals surface area contributed by atoms with Gasteiger partial charge >= 0.3 is 18.4 Å². The smallest absolute Gasteiger partial charge is 0.379 e. The van der Waals surface area contributed by atoms with E-state index < -0.39 is 35.6 Å². The van der Waals surface area contributed by atoms with Crippen LogP contribution in [-0.4, -0.2) is 27.3 Å². The molecule has 29 heavy (non-hydrogen) atoms. The van der Waals surface area contributed by atoms with Crippen LogP contribution in [0.1, 0.15) is 23.1 Å². The van der Waals surface area contributed by atoms with E-state index in [0.29, 0.717) is 12.4 Å². The van der Waals surface area contributed by atoms with Crippen molar-refractivity contribution in [3.8, 4) is 0 Å².